The molecule has 262 valence electrons. The third-order valence-corrected chi connectivity index (χ3v) is 10.1. The molecule has 18 nitrogen and oxygen atoms in total. The number of rotatable bonds is 11. The van der Waals surface area contributed by atoms with Gasteiger partial charge in [0.2, 0.25) is 0 Å². The SMILES string of the molecule is O=S(=O)([O-])CCNc1ccc2cc(S(=O)(=O)[O-])c(N=Nc3ccc(N=Nc4ccc(S(=O)(=O)[O-])cc4)c4ccc(S(=O)(=O)[O-])cc34)c(O)c2c1.[Na+].[Na+].[Na+].[Na+]. The van der Waals surface area contributed by atoms with Gasteiger partial charge in [-0.3, -0.25) is 0 Å². The molecular weight excluding hydrogens is 835 g/mol. The fourth-order valence-corrected chi connectivity index (χ4v) is 6.54. The van der Waals surface area contributed by atoms with Crippen molar-refractivity contribution in [1.82, 2.24) is 0 Å². The molecule has 0 saturated heterocycles. The zero-order chi connectivity index (χ0) is 36.6. The van der Waals surface area contributed by atoms with Crippen LogP contribution in [0, 0.1) is 0 Å². The number of benzene rings is 5. The van der Waals surface area contributed by atoms with Crippen molar-refractivity contribution in [3.8, 4) is 5.75 Å². The summed E-state index contributed by atoms with van der Waals surface area (Å²) in [6.07, 6.45) is 0. The van der Waals surface area contributed by atoms with E-state index in [9.17, 15) is 57.0 Å². The molecule has 0 amide bonds. The first kappa shape index (κ1) is 51.1. The van der Waals surface area contributed by atoms with Crippen molar-refractivity contribution >= 4 is 90.5 Å². The van der Waals surface area contributed by atoms with Gasteiger partial charge in [0.05, 0.1) is 47.6 Å². The minimum Gasteiger partial charge on any atom is -0.748 e. The third-order valence-electron chi connectivity index (χ3n) is 6.89. The molecule has 0 aliphatic carbocycles. The number of azo groups is 2. The van der Waals surface area contributed by atoms with Gasteiger partial charge in [0, 0.05) is 28.4 Å². The predicted octanol–water partition coefficient (Wildman–Crippen LogP) is -7.79. The van der Waals surface area contributed by atoms with Crippen molar-refractivity contribution in [2.45, 2.75) is 14.7 Å². The molecule has 0 bridgehead atoms. The Bertz CT molecular complexity index is 2700. The van der Waals surface area contributed by atoms with Gasteiger partial charge in [-0.15, -0.1) is 15.3 Å². The van der Waals surface area contributed by atoms with Gasteiger partial charge in [0.15, 0.2) is 5.75 Å². The van der Waals surface area contributed by atoms with Crippen LogP contribution in [0.15, 0.2) is 114 Å². The summed E-state index contributed by atoms with van der Waals surface area (Å²) in [6.45, 7) is -0.292. The van der Waals surface area contributed by atoms with Crippen molar-refractivity contribution < 1.29 is 175 Å². The summed E-state index contributed by atoms with van der Waals surface area (Å²) in [5.41, 5.74) is -0.571. The molecule has 5 rings (SSSR count). The van der Waals surface area contributed by atoms with Crippen LogP contribution in [0.2, 0.25) is 0 Å². The number of aromatic hydroxyl groups is 1. The number of nitrogens with one attached hydrogen (secondary N) is 1. The van der Waals surface area contributed by atoms with E-state index >= 15 is 0 Å². The molecule has 0 aliphatic rings. The Morgan fingerprint density at radius 3 is 1.67 bits per heavy atom. The summed E-state index contributed by atoms with van der Waals surface area (Å²) in [5, 5.41) is 29.6. The van der Waals surface area contributed by atoms with Gasteiger partial charge in [-0.05, 0) is 72.1 Å². The van der Waals surface area contributed by atoms with E-state index in [0.717, 1.165) is 30.3 Å². The van der Waals surface area contributed by atoms with Crippen LogP contribution in [0.1, 0.15) is 0 Å². The van der Waals surface area contributed by atoms with Gasteiger partial charge in [-0.1, -0.05) is 12.1 Å². The normalized spacial score (nSPS) is 12.1. The standard InChI is InChI=1S/C28H23N5O13S4.4Na/c34-28-22-14-18(29-11-12-47(35,36)37)2-1-16(22)13-26(50(44,45)46)27(28)33-32-25-10-9-24(21-8-7-20(15-23(21)25)49(41,42)43)31-30-17-3-5-19(6-4-17)48(38,39)40;;;;/h1-10,13-15,29,34H,11-12H2,(H,35,36,37)(H,38,39,40)(H,41,42,43)(H,44,45,46);;;;/q;4*+1/p-4. The van der Waals surface area contributed by atoms with Crippen molar-refractivity contribution in [2.24, 2.45) is 20.5 Å². The number of phenolic OH excluding ortho intramolecular Hbond substituents is 1. The van der Waals surface area contributed by atoms with Crippen LogP contribution in [0.4, 0.5) is 28.4 Å². The summed E-state index contributed by atoms with van der Waals surface area (Å²) in [4.78, 5) is -2.16. The first-order valence-corrected chi connectivity index (χ1v) is 19.4. The Hall–Kier alpha value is -0.940. The average Bonchev–Trinajstić information content (AvgIpc) is 3.01. The van der Waals surface area contributed by atoms with E-state index in [1.165, 1.54) is 48.5 Å². The van der Waals surface area contributed by atoms with E-state index in [0.29, 0.717) is 0 Å². The molecule has 0 heterocycles. The quantitative estimate of drug-likeness (QED) is 0.0709. The molecule has 0 atom stereocenters. The number of phenols is 1. The van der Waals surface area contributed by atoms with Crippen molar-refractivity contribution in [2.75, 3.05) is 17.6 Å². The molecule has 0 saturated carbocycles. The van der Waals surface area contributed by atoms with E-state index in [4.69, 9.17) is 0 Å². The fourth-order valence-electron chi connectivity index (χ4n) is 4.58. The van der Waals surface area contributed by atoms with Gasteiger partial charge in [0.25, 0.3) is 0 Å². The minimum absolute atomic E-state index is 0. The molecule has 0 fully saturated rings. The molecule has 26 heteroatoms. The van der Waals surface area contributed by atoms with Crippen LogP contribution in [0.3, 0.4) is 0 Å². The topological polar surface area (TPSA) is 311 Å². The molecule has 0 aromatic heterocycles. The number of fused-ring (bicyclic) bond motifs is 2. The first-order chi connectivity index (χ1) is 23.2. The second-order valence-electron chi connectivity index (χ2n) is 10.3. The maximum absolute atomic E-state index is 12.2. The maximum Gasteiger partial charge on any atom is 1.00 e. The van der Waals surface area contributed by atoms with Crippen LogP contribution in [0.5, 0.6) is 5.75 Å². The molecule has 5 aromatic rings. The van der Waals surface area contributed by atoms with E-state index in [1.54, 1.807) is 0 Å². The predicted molar refractivity (Wildman–Crippen MR) is 171 cm³/mol. The van der Waals surface area contributed by atoms with Crippen molar-refractivity contribution in [1.29, 1.82) is 0 Å². The molecule has 2 N–H and O–H groups in total. The Balaban J connectivity index is 0.00000364. The van der Waals surface area contributed by atoms with Crippen LogP contribution in [0.25, 0.3) is 21.5 Å². The monoisotopic (exact) mass is 853 g/mol. The molecular formula is C28H19N5Na4O13S4. The van der Waals surface area contributed by atoms with Crippen molar-refractivity contribution in [3.05, 3.63) is 78.9 Å². The summed E-state index contributed by atoms with van der Waals surface area (Å²) in [6, 6.07) is 15.0. The summed E-state index contributed by atoms with van der Waals surface area (Å²) < 4.78 is 138. The number of hydrogen-bond acceptors (Lipinski definition) is 18. The van der Waals surface area contributed by atoms with Gasteiger partial charge >= 0.3 is 118 Å². The number of anilines is 1. The number of nitrogens with zero attached hydrogens (tertiary/aromatic N) is 4. The van der Waals surface area contributed by atoms with E-state index in [2.05, 4.69) is 25.8 Å². The minimum atomic E-state index is -5.29. The van der Waals surface area contributed by atoms with Crippen LogP contribution in [-0.2, 0) is 40.5 Å². The van der Waals surface area contributed by atoms with Gasteiger partial charge in [-0.25, -0.2) is 33.7 Å². The molecule has 0 spiro atoms. The summed E-state index contributed by atoms with van der Waals surface area (Å²) in [7, 11) is -19.5. The molecule has 54 heavy (non-hydrogen) atoms. The van der Waals surface area contributed by atoms with E-state index < -0.39 is 72.3 Å². The number of hydrogen-bond donors (Lipinski definition) is 2. The maximum atomic E-state index is 12.2. The van der Waals surface area contributed by atoms with Crippen LogP contribution >= 0.6 is 0 Å². The zero-order valence-electron chi connectivity index (χ0n) is 28.7. The van der Waals surface area contributed by atoms with Crippen LogP contribution < -0.4 is 124 Å². The Kier molecular flexibility index (Phi) is 19.1. The van der Waals surface area contributed by atoms with Crippen molar-refractivity contribution in [3.63, 3.8) is 0 Å². The molecule has 0 radical (unpaired) electrons. The second kappa shape index (κ2) is 20.2. The second-order valence-corrected chi connectivity index (χ2v) is 15.9. The summed E-state index contributed by atoms with van der Waals surface area (Å²) >= 11 is 0. The van der Waals surface area contributed by atoms with E-state index in [1.807, 2.05) is 0 Å². The van der Waals surface area contributed by atoms with E-state index in [-0.39, 0.29) is 169 Å². The Morgan fingerprint density at radius 1 is 0.556 bits per heavy atom. The molecule has 5 aromatic carbocycles. The van der Waals surface area contributed by atoms with Gasteiger partial charge in [-0.2, -0.15) is 5.11 Å². The zero-order valence-corrected chi connectivity index (χ0v) is 40.0. The average molecular weight is 854 g/mol. The Labute approximate surface area is 397 Å². The molecule has 0 aliphatic heterocycles. The van der Waals surface area contributed by atoms with Gasteiger partial charge < -0.3 is 28.6 Å². The smallest absolute Gasteiger partial charge is 0.748 e. The van der Waals surface area contributed by atoms with Crippen LogP contribution in [-0.4, -0.2) is 69.3 Å². The fraction of sp³-hybridized carbons (Fsp3) is 0.0714. The van der Waals surface area contributed by atoms with Gasteiger partial charge in [0.1, 0.15) is 36.0 Å². The summed E-state index contributed by atoms with van der Waals surface area (Å²) in [5.74, 6) is -1.58. The third kappa shape index (κ3) is 13.0. The largest absolute Gasteiger partial charge is 1.00 e. The molecule has 0 unspecified atom stereocenters. The Morgan fingerprint density at radius 2 is 1.11 bits per heavy atom. The first-order valence-electron chi connectivity index (χ1n) is 13.6.